The summed E-state index contributed by atoms with van der Waals surface area (Å²) >= 11 is 3.52. The van der Waals surface area contributed by atoms with Crippen LogP contribution in [0.25, 0.3) is 6.08 Å². The fraction of sp³-hybridized carbons (Fsp3) is 0.235. The van der Waals surface area contributed by atoms with Gasteiger partial charge in [0.25, 0.3) is 0 Å². The highest BCUT2D eigenvalue weighted by Gasteiger charge is 2.14. The molecule has 20 heavy (non-hydrogen) atoms. The van der Waals surface area contributed by atoms with Crippen molar-refractivity contribution >= 4 is 35.0 Å². The SMILES string of the molecule is CCS[C@H](CC(=O)/C=C/c1ccccc1)c1ccsc1. The normalized spacial score (nSPS) is 12.7. The molecule has 0 saturated heterocycles. The molecule has 0 fully saturated rings. The van der Waals surface area contributed by atoms with Crippen molar-refractivity contribution in [2.75, 3.05) is 5.75 Å². The van der Waals surface area contributed by atoms with Gasteiger partial charge < -0.3 is 0 Å². The van der Waals surface area contributed by atoms with Crippen LogP contribution in [0.4, 0.5) is 0 Å². The fourth-order valence-corrected chi connectivity index (χ4v) is 3.76. The molecule has 1 atom stereocenters. The molecule has 2 aromatic rings. The van der Waals surface area contributed by atoms with E-state index in [9.17, 15) is 4.79 Å². The summed E-state index contributed by atoms with van der Waals surface area (Å²) in [7, 11) is 0. The van der Waals surface area contributed by atoms with Crippen molar-refractivity contribution in [1.82, 2.24) is 0 Å². The number of benzene rings is 1. The lowest BCUT2D eigenvalue weighted by Gasteiger charge is -2.12. The summed E-state index contributed by atoms with van der Waals surface area (Å²) < 4.78 is 0. The van der Waals surface area contributed by atoms with Crippen LogP contribution in [0.5, 0.6) is 0 Å². The lowest BCUT2D eigenvalue weighted by Crippen LogP contribution is -2.01. The van der Waals surface area contributed by atoms with Crippen LogP contribution >= 0.6 is 23.1 Å². The molecule has 0 aliphatic heterocycles. The Morgan fingerprint density at radius 2 is 2.10 bits per heavy atom. The van der Waals surface area contributed by atoms with Gasteiger partial charge >= 0.3 is 0 Å². The zero-order chi connectivity index (χ0) is 14.2. The molecule has 0 N–H and O–H groups in total. The second-order valence-corrected chi connectivity index (χ2v) is 6.67. The van der Waals surface area contributed by atoms with Crippen molar-refractivity contribution in [3.05, 3.63) is 64.4 Å². The van der Waals surface area contributed by atoms with Crippen molar-refractivity contribution in [2.45, 2.75) is 18.6 Å². The van der Waals surface area contributed by atoms with Gasteiger partial charge in [-0.1, -0.05) is 43.3 Å². The van der Waals surface area contributed by atoms with Crippen LogP contribution in [-0.2, 0) is 4.79 Å². The molecule has 0 bridgehead atoms. The number of hydrogen-bond acceptors (Lipinski definition) is 3. The number of rotatable bonds is 7. The summed E-state index contributed by atoms with van der Waals surface area (Å²) in [5.74, 6) is 1.21. The van der Waals surface area contributed by atoms with Gasteiger partial charge in [0.15, 0.2) is 5.78 Å². The van der Waals surface area contributed by atoms with Gasteiger partial charge in [0.05, 0.1) is 0 Å². The molecule has 1 aromatic heterocycles. The largest absolute Gasteiger partial charge is 0.295 e. The van der Waals surface area contributed by atoms with E-state index >= 15 is 0 Å². The van der Waals surface area contributed by atoms with E-state index < -0.39 is 0 Å². The molecule has 2 rings (SSSR count). The highest BCUT2D eigenvalue weighted by atomic mass is 32.2. The van der Waals surface area contributed by atoms with Crippen molar-refractivity contribution in [3.63, 3.8) is 0 Å². The summed E-state index contributed by atoms with van der Waals surface area (Å²) in [5, 5.41) is 4.49. The number of thioether (sulfide) groups is 1. The molecule has 0 aliphatic carbocycles. The fourth-order valence-electron chi connectivity index (χ4n) is 1.94. The molecule has 0 spiro atoms. The Balaban J connectivity index is 1.97. The Bertz CT molecular complexity index is 544. The zero-order valence-electron chi connectivity index (χ0n) is 11.5. The van der Waals surface area contributed by atoms with Crippen molar-refractivity contribution in [1.29, 1.82) is 0 Å². The minimum absolute atomic E-state index is 0.186. The van der Waals surface area contributed by atoms with Crippen LogP contribution < -0.4 is 0 Å². The number of hydrogen-bond donors (Lipinski definition) is 0. The van der Waals surface area contributed by atoms with Crippen LogP contribution in [0.3, 0.4) is 0 Å². The van der Waals surface area contributed by atoms with Crippen LogP contribution in [0.1, 0.15) is 29.7 Å². The summed E-state index contributed by atoms with van der Waals surface area (Å²) in [6, 6.07) is 12.0. The standard InChI is InChI=1S/C17H18OS2/c1-2-20-17(15-10-11-19-13-15)12-16(18)9-8-14-6-4-3-5-7-14/h3-11,13,17H,2,12H2,1H3/b9-8+/t17-/m1/s1. The Hall–Kier alpha value is -1.32. The number of ketones is 1. The van der Waals surface area contributed by atoms with E-state index in [1.165, 1.54) is 5.56 Å². The monoisotopic (exact) mass is 302 g/mol. The molecular weight excluding hydrogens is 284 g/mol. The second-order valence-electron chi connectivity index (χ2n) is 4.42. The molecule has 1 aromatic carbocycles. The van der Waals surface area contributed by atoms with Crippen LogP contribution in [-0.4, -0.2) is 11.5 Å². The summed E-state index contributed by atoms with van der Waals surface area (Å²) in [4.78, 5) is 12.1. The average molecular weight is 302 g/mol. The third-order valence-electron chi connectivity index (χ3n) is 2.93. The highest BCUT2D eigenvalue weighted by molar-refractivity contribution is 7.99. The maximum absolute atomic E-state index is 12.1. The molecular formula is C17H18OS2. The first-order valence-electron chi connectivity index (χ1n) is 6.69. The van der Waals surface area contributed by atoms with Crippen LogP contribution in [0, 0.1) is 0 Å². The van der Waals surface area contributed by atoms with Crippen molar-refractivity contribution in [3.8, 4) is 0 Å². The topological polar surface area (TPSA) is 17.1 Å². The van der Waals surface area contributed by atoms with Gasteiger partial charge in [-0.2, -0.15) is 23.1 Å². The van der Waals surface area contributed by atoms with Gasteiger partial charge in [-0.15, -0.1) is 0 Å². The van der Waals surface area contributed by atoms with E-state index in [2.05, 4.69) is 23.8 Å². The third-order valence-corrected chi connectivity index (χ3v) is 4.81. The van der Waals surface area contributed by atoms with Gasteiger partial charge in [-0.3, -0.25) is 4.79 Å². The summed E-state index contributed by atoms with van der Waals surface area (Å²) in [6.45, 7) is 2.13. The summed E-state index contributed by atoms with van der Waals surface area (Å²) in [5.41, 5.74) is 2.33. The number of carbonyl (C=O) groups is 1. The first-order valence-corrected chi connectivity index (χ1v) is 8.68. The molecule has 3 heteroatoms. The first kappa shape index (κ1) is 15.1. The number of allylic oxidation sites excluding steroid dienone is 1. The lowest BCUT2D eigenvalue weighted by molar-refractivity contribution is -0.114. The predicted molar refractivity (Wildman–Crippen MR) is 90.3 cm³/mol. The maximum atomic E-state index is 12.1. The molecule has 1 heterocycles. The van der Waals surface area contributed by atoms with Crippen molar-refractivity contribution in [2.24, 2.45) is 0 Å². The Labute approximate surface area is 128 Å². The molecule has 1 nitrogen and oxygen atoms in total. The number of carbonyl (C=O) groups excluding carboxylic acids is 1. The lowest BCUT2D eigenvalue weighted by atomic mass is 10.1. The van der Waals surface area contributed by atoms with Crippen molar-refractivity contribution < 1.29 is 4.79 Å². The van der Waals surface area contributed by atoms with Gasteiger partial charge in [-0.05, 0) is 39.8 Å². The molecule has 0 aliphatic rings. The van der Waals surface area contributed by atoms with E-state index in [4.69, 9.17) is 0 Å². The molecule has 0 radical (unpaired) electrons. The van der Waals surface area contributed by atoms with E-state index in [1.54, 1.807) is 17.4 Å². The smallest absolute Gasteiger partial charge is 0.157 e. The second kappa shape index (κ2) is 8.08. The van der Waals surface area contributed by atoms with E-state index in [0.29, 0.717) is 6.42 Å². The summed E-state index contributed by atoms with van der Waals surface area (Å²) in [6.07, 6.45) is 4.16. The van der Waals surface area contributed by atoms with E-state index in [-0.39, 0.29) is 11.0 Å². The Kier molecular flexibility index (Phi) is 6.09. The van der Waals surface area contributed by atoms with Gasteiger partial charge in [0.1, 0.15) is 0 Å². The first-order chi connectivity index (χ1) is 9.79. The van der Waals surface area contributed by atoms with E-state index in [0.717, 1.165) is 11.3 Å². The van der Waals surface area contributed by atoms with E-state index in [1.807, 2.05) is 48.2 Å². The number of thiophene rings is 1. The minimum Gasteiger partial charge on any atom is -0.295 e. The maximum Gasteiger partial charge on any atom is 0.157 e. The van der Waals surface area contributed by atoms with Gasteiger partial charge in [-0.25, -0.2) is 0 Å². The highest BCUT2D eigenvalue weighted by Crippen LogP contribution is 2.33. The molecule has 0 amide bonds. The predicted octanol–water partition coefficient (Wildman–Crippen LogP) is 5.21. The third kappa shape index (κ3) is 4.66. The zero-order valence-corrected chi connectivity index (χ0v) is 13.1. The average Bonchev–Trinajstić information content (AvgIpc) is 3.00. The van der Waals surface area contributed by atoms with Crippen LogP contribution in [0.2, 0.25) is 0 Å². The van der Waals surface area contributed by atoms with Gasteiger partial charge in [0.2, 0.25) is 0 Å². The van der Waals surface area contributed by atoms with Crippen LogP contribution in [0.15, 0.2) is 53.2 Å². The Morgan fingerprint density at radius 3 is 2.75 bits per heavy atom. The minimum atomic E-state index is 0.186. The molecule has 0 saturated carbocycles. The quantitative estimate of drug-likeness (QED) is 0.653. The molecule has 104 valence electrons. The van der Waals surface area contributed by atoms with Gasteiger partial charge in [0, 0.05) is 11.7 Å². The Morgan fingerprint density at radius 1 is 1.30 bits per heavy atom. The molecule has 0 unspecified atom stereocenters.